The third-order valence-corrected chi connectivity index (χ3v) is 0.840. The highest BCUT2D eigenvalue weighted by molar-refractivity contribution is 7.13. The van der Waals surface area contributed by atoms with E-state index in [0.29, 0.717) is 0 Å². The van der Waals surface area contributed by atoms with Crippen LogP contribution in [0, 0.1) is 0 Å². The third-order valence-electron chi connectivity index (χ3n) is 0.629. The van der Waals surface area contributed by atoms with Crippen LogP contribution in [0.3, 0.4) is 0 Å². The quantitative estimate of drug-likeness (QED) is 0.389. The zero-order valence-electron chi connectivity index (χ0n) is 4.89. The minimum absolute atomic E-state index is 1.02. The van der Waals surface area contributed by atoms with Crippen molar-refractivity contribution in [2.45, 2.75) is 6.92 Å². The van der Waals surface area contributed by atoms with Crippen LogP contribution in [-0.4, -0.2) is 18.3 Å². The molecular formula is C5H12NP. The van der Waals surface area contributed by atoms with Crippen LogP contribution in [-0.2, 0) is 0 Å². The molecule has 0 aromatic carbocycles. The molecular weight excluding hydrogens is 105 g/mol. The Morgan fingerprint density at radius 2 is 2.29 bits per heavy atom. The van der Waals surface area contributed by atoms with Crippen LogP contribution in [0.2, 0.25) is 0 Å². The van der Waals surface area contributed by atoms with Gasteiger partial charge >= 0.3 is 0 Å². The molecule has 0 saturated heterocycles. The average Bonchev–Trinajstić information content (AvgIpc) is 1.61. The van der Waals surface area contributed by atoms with Crippen molar-refractivity contribution in [2.24, 2.45) is 0 Å². The molecule has 0 aliphatic heterocycles. The summed E-state index contributed by atoms with van der Waals surface area (Å²) in [5, 5.41) is 0. The van der Waals surface area contributed by atoms with Crippen LogP contribution < -0.4 is 0 Å². The molecule has 0 bridgehead atoms. The minimum atomic E-state index is 1.02. The zero-order valence-corrected chi connectivity index (χ0v) is 6.04. The number of allylic oxidation sites excluding steroid dienone is 1. The van der Waals surface area contributed by atoms with E-state index in [-0.39, 0.29) is 0 Å². The Kier molecular flexibility index (Phi) is 4.37. The molecule has 0 spiro atoms. The van der Waals surface area contributed by atoms with Gasteiger partial charge in [-0.15, -0.1) is 0 Å². The molecule has 0 heterocycles. The van der Waals surface area contributed by atoms with Crippen LogP contribution in [0.25, 0.3) is 0 Å². The van der Waals surface area contributed by atoms with Crippen molar-refractivity contribution in [1.29, 1.82) is 0 Å². The number of rotatable bonds is 2. The van der Waals surface area contributed by atoms with Gasteiger partial charge in [0.1, 0.15) is 0 Å². The van der Waals surface area contributed by atoms with Crippen molar-refractivity contribution in [3.8, 4) is 0 Å². The van der Waals surface area contributed by atoms with Gasteiger partial charge in [-0.1, -0.05) is 21.5 Å². The van der Waals surface area contributed by atoms with Crippen molar-refractivity contribution in [3.05, 3.63) is 12.2 Å². The van der Waals surface area contributed by atoms with Gasteiger partial charge in [0, 0.05) is 6.54 Å². The first-order valence-corrected chi connectivity index (χ1v) is 2.86. The van der Waals surface area contributed by atoms with Gasteiger partial charge in [-0.3, -0.25) is 4.67 Å². The first-order valence-electron chi connectivity index (χ1n) is 2.34. The Balaban J connectivity index is 2.97. The summed E-state index contributed by atoms with van der Waals surface area (Å²) in [4.78, 5) is 0. The Morgan fingerprint density at radius 3 is 2.43 bits per heavy atom. The predicted molar refractivity (Wildman–Crippen MR) is 37.2 cm³/mol. The summed E-state index contributed by atoms with van der Waals surface area (Å²) in [6, 6.07) is 0. The van der Waals surface area contributed by atoms with Crippen LogP contribution in [0.1, 0.15) is 6.92 Å². The highest BCUT2D eigenvalue weighted by atomic mass is 31.0. The largest absolute Gasteiger partial charge is 0.287 e. The van der Waals surface area contributed by atoms with Gasteiger partial charge in [-0.25, -0.2) is 0 Å². The lowest BCUT2D eigenvalue weighted by molar-refractivity contribution is 0.635. The maximum atomic E-state index is 2.59. The van der Waals surface area contributed by atoms with E-state index in [4.69, 9.17) is 0 Å². The second kappa shape index (κ2) is 4.29. The molecule has 0 fully saturated rings. The highest BCUT2D eigenvalue weighted by Crippen LogP contribution is 1.89. The summed E-state index contributed by atoms with van der Waals surface area (Å²) in [6.45, 7) is 3.04. The Bertz CT molecular complexity index is 59.1. The molecule has 0 aliphatic rings. The molecule has 0 saturated carbocycles. The first kappa shape index (κ1) is 7.13. The lowest BCUT2D eigenvalue weighted by Crippen LogP contribution is -2.01. The zero-order chi connectivity index (χ0) is 5.70. The maximum Gasteiger partial charge on any atom is 0.0194 e. The second-order valence-electron chi connectivity index (χ2n) is 1.51. The molecule has 0 rings (SSSR count). The number of nitrogens with zero attached hydrogens (tertiary/aromatic N) is 1. The van der Waals surface area contributed by atoms with Gasteiger partial charge in [0.25, 0.3) is 0 Å². The molecule has 0 radical (unpaired) electrons. The topological polar surface area (TPSA) is 3.24 Å². The molecule has 42 valence electrons. The van der Waals surface area contributed by atoms with E-state index in [9.17, 15) is 0 Å². The van der Waals surface area contributed by atoms with Crippen LogP contribution in [0.15, 0.2) is 12.2 Å². The summed E-state index contributed by atoms with van der Waals surface area (Å²) >= 11 is 0. The van der Waals surface area contributed by atoms with Gasteiger partial charge in [0.2, 0.25) is 0 Å². The van der Waals surface area contributed by atoms with E-state index in [0.717, 1.165) is 6.54 Å². The van der Waals surface area contributed by atoms with Crippen molar-refractivity contribution in [2.75, 3.05) is 13.6 Å². The lowest BCUT2D eigenvalue weighted by atomic mass is 10.5. The van der Waals surface area contributed by atoms with Gasteiger partial charge in [-0.2, -0.15) is 0 Å². The molecule has 1 nitrogen and oxygen atoms in total. The predicted octanol–water partition coefficient (Wildman–Crippen LogP) is 1.28. The average molecular weight is 117 g/mol. The monoisotopic (exact) mass is 117 g/mol. The summed E-state index contributed by atoms with van der Waals surface area (Å²) in [5.74, 6) is 0. The van der Waals surface area contributed by atoms with E-state index >= 15 is 0 Å². The molecule has 0 amide bonds. The SMILES string of the molecule is CC=CCN(C)P. The number of likely N-dealkylation sites (N-methyl/N-ethyl adjacent to an activating group) is 1. The normalized spacial score (nSPS) is 11.4. The van der Waals surface area contributed by atoms with Gasteiger partial charge in [0.15, 0.2) is 0 Å². The fourth-order valence-electron chi connectivity index (χ4n) is 0.272. The van der Waals surface area contributed by atoms with E-state index in [1.165, 1.54) is 0 Å². The van der Waals surface area contributed by atoms with Crippen LogP contribution in [0.5, 0.6) is 0 Å². The molecule has 1 unspecified atom stereocenters. The molecule has 0 aromatic heterocycles. The molecule has 0 aromatic rings. The summed E-state index contributed by atoms with van der Waals surface area (Å²) in [7, 11) is 4.61. The Morgan fingerprint density at radius 1 is 1.71 bits per heavy atom. The van der Waals surface area contributed by atoms with Crippen molar-refractivity contribution in [1.82, 2.24) is 4.67 Å². The Hall–Kier alpha value is 0.130. The smallest absolute Gasteiger partial charge is 0.0194 e. The second-order valence-corrected chi connectivity index (χ2v) is 2.39. The Labute approximate surface area is 47.7 Å². The molecule has 0 N–H and O–H groups in total. The van der Waals surface area contributed by atoms with E-state index < -0.39 is 0 Å². The van der Waals surface area contributed by atoms with E-state index in [1.807, 2.05) is 24.7 Å². The van der Waals surface area contributed by atoms with Crippen molar-refractivity contribution >= 4 is 9.39 Å². The van der Waals surface area contributed by atoms with Gasteiger partial charge in [-0.05, 0) is 14.0 Å². The van der Waals surface area contributed by atoms with Crippen molar-refractivity contribution in [3.63, 3.8) is 0 Å². The molecule has 2 heteroatoms. The molecule has 0 aliphatic carbocycles. The number of hydrogen-bond acceptors (Lipinski definition) is 1. The highest BCUT2D eigenvalue weighted by Gasteiger charge is 1.77. The number of hydrogen-bond donors (Lipinski definition) is 0. The fraction of sp³-hybridized carbons (Fsp3) is 0.600. The van der Waals surface area contributed by atoms with Gasteiger partial charge < -0.3 is 0 Å². The van der Waals surface area contributed by atoms with Crippen LogP contribution >= 0.6 is 9.39 Å². The van der Waals surface area contributed by atoms with E-state index in [1.54, 1.807) is 0 Å². The summed E-state index contributed by atoms with van der Waals surface area (Å²) in [6.07, 6.45) is 4.15. The maximum absolute atomic E-state index is 2.59. The molecule has 1 atom stereocenters. The van der Waals surface area contributed by atoms with E-state index in [2.05, 4.69) is 15.5 Å². The summed E-state index contributed by atoms with van der Waals surface area (Å²) < 4.78 is 2.04. The van der Waals surface area contributed by atoms with Gasteiger partial charge in [0.05, 0.1) is 0 Å². The third kappa shape index (κ3) is 6.13. The van der Waals surface area contributed by atoms with Crippen molar-refractivity contribution < 1.29 is 0 Å². The summed E-state index contributed by atoms with van der Waals surface area (Å²) in [5.41, 5.74) is 0. The standard InChI is InChI=1S/C5H12NP/c1-3-4-5-6(2)7/h3-4H,5,7H2,1-2H3. The lowest BCUT2D eigenvalue weighted by Gasteiger charge is -2.01. The fourth-order valence-corrected chi connectivity index (χ4v) is 0.393. The molecule has 7 heavy (non-hydrogen) atoms. The minimum Gasteiger partial charge on any atom is -0.287 e. The van der Waals surface area contributed by atoms with Crippen LogP contribution in [0.4, 0.5) is 0 Å². The first-order chi connectivity index (χ1) is 3.27.